The number of carbonyl (C=O) groups is 1. The zero-order chi connectivity index (χ0) is 19.9. The van der Waals surface area contributed by atoms with Gasteiger partial charge in [0.1, 0.15) is 12.4 Å². The minimum Gasteiger partial charge on any atom is -0.489 e. The molecule has 0 saturated carbocycles. The normalized spacial score (nSPS) is 11.1. The van der Waals surface area contributed by atoms with Gasteiger partial charge in [0.25, 0.3) is 0 Å². The molecule has 0 aromatic heterocycles. The van der Waals surface area contributed by atoms with E-state index in [4.69, 9.17) is 15.3 Å². The summed E-state index contributed by atoms with van der Waals surface area (Å²) in [5.41, 5.74) is 10.0. The molecule has 0 aliphatic rings. The first-order valence-electron chi connectivity index (χ1n) is 8.92. The van der Waals surface area contributed by atoms with Crippen molar-refractivity contribution in [3.63, 3.8) is 0 Å². The van der Waals surface area contributed by atoms with E-state index in [1.807, 2.05) is 50.2 Å². The standard InChI is InChI=1S/C23H22N2O3/c1-16-11-12-21(17(2)13-16)27-15-18-7-6-10-20(14-18)23(26)28-25-22(24)19-8-4-3-5-9-19/h3-14H,15H2,1-2H3,(H2,24,25). The van der Waals surface area contributed by atoms with Gasteiger partial charge in [-0.25, -0.2) is 4.79 Å². The lowest BCUT2D eigenvalue weighted by atomic mass is 10.1. The van der Waals surface area contributed by atoms with Crippen LogP contribution in [0.4, 0.5) is 0 Å². The molecule has 0 fully saturated rings. The number of nitrogens with two attached hydrogens (primary N) is 1. The maximum Gasteiger partial charge on any atom is 0.365 e. The second-order valence-corrected chi connectivity index (χ2v) is 6.48. The smallest absolute Gasteiger partial charge is 0.365 e. The topological polar surface area (TPSA) is 73.9 Å². The number of hydrogen-bond acceptors (Lipinski definition) is 4. The zero-order valence-corrected chi connectivity index (χ0v) is 15.9. The zero-order valence-electron chi connectivity index (χ0n) is 15.9. The summed E-state index contributed by atoms with van der Waals surface area (Å²) in [6.07, 6.45) is 0. The fourth-order valence-electron chi connectivity index (χ4n) is 2.72. The van der Waals surface area contributed by atoms with Gasteiger partial charge in [-0.15, -0.1) is 0 Å². The van der Waals surface area contributed by atoms with Gasteiger partial charge < -0.3 is 15.3 Å². The van der Waals surface area contributed by atoms with E-state index in [-0.39, 0.29) is 5.84 Å². The second kappa shape index (κ2) is 8.86. The van der Waals surface area contributed by atoms with Crippen molar-refractivity contribution < 1.29 is 14.4 Å². The van der Waals surface area contributed by atoms with Crippen molar-refractivity contribution in [1.82, 2.24) is 0 Å². The predicted molar refractivity (Wildman–Crippen MR) is 109 cm³/mol. The van der Waals surface area contributed by atoms with Crippen LogP contribution >= 0.6 is 0 Å². The van der Waals surface area contributed by atoms with Gasteiger partial charge in [-0.1, -0.05) is 65.3 Å². The Morgan fingerprint density at radius 3 is 2.43 bits per heavy atom. The summed E-state index contributed by atoms with van der Waals surface area (Å²) in [6.45, 7) is 4.39. The van der Waals surface area contributed by atoms with Crippen molar-refractivity contribution in [3.8, 4) is 5.75 Å². The highest BCUT2D eigenvalue weighted by molar-refractivity contribution is 5.98. The molecule has 0 heterocycles. The van der Waals surface area contributed by atoms with Crippen molar-refractivity contribution in [2.45, 2.75) is 20.5 Å². The maximum absolute atomic E-state index is 12.3. The van der Waals surface area contributed by atoms with Gasteiger partial charge >= 0.3 is 5.97 Å². The number of hydrogen-bond donors (Lipinski definition) is 1. The van der Waals surface area contributed by atoms with E-state index in [1.54, 1.807) is 30.3 Å². The molecule has 0 amide bonds. The Hall–Kier alpha value is -3.60. The molecule has 0 aliphatic carbocycles. The average molecular weight is 374 g/mol. The molecule has 5 nitrogen and oxygen atoms in total. The van der Waals surface area contributed by atoms with E-state index in [0.717, 1.165) is 16.9 Å². The summed E-state index contributed by atoms with van der Waals surface area (Å²) >= 11 is 0. The minimum atomic E-state index is -0.577. The lowest BCUT2D eigenvalue weighted by molar-refractivity contribution is 0.0516. The Bertz CT molecular complexity index is 998. The molecular formula is C23H22N2O3. The molecule has 3 aromatic carbocycles. The van der Waals surface area contributed by atoms with Crippen LogP contribution in [0.5, 0.6) is 5.75 Å². The molecule has 0 saturated heterocycles. The van der Waals surface area contributed by atoms with Crippen LogP contribution in [-0.4, -0.2) is 11.8 Å². The Kier molecular flexibility index (Phi) is 6.07. The van der Waals surface area contributed by atoms with Gasteiger partial charge in [0.2, 0.25) is 0 Å². The van der Waals surface area contributed by atoms with Crippen molar-refractivity contribution in [2.75, 3.05) is 0 Å². The Morgan fingerprint density at radius 2 is 1.68 bits per heavy atom. The Morgan fingerprint density at radius 1 is 0.929 bits per heavy atom. The van der Waals surface area contributed by atoms with E-state index in [2.05, 4.69) is 11.2 Å². The SMILES string of the molecule is Cc1ccc(OCc2cccc(C(=O)O/N=C(\N)c3ccccc3)c2)c(C)c1. The van der Waals surface area contributed by atoms with Crippen LogP contribution in [0.1, 0.15) is 32.6 Å². The molecular weight excluding hydrogens is 352 g/mol. The van der Waals surface area contributed by atoms with Gasteiger partial charge in [0.15, 0.2) is 5.84 Å². The third kappa shape index (κ3) is 4.98. The number of aryl methyl sites for hydroxylation is 2. The van der Waals surface area contributed by atoms with Gasteiger partial charge in [-0.05, 0) is 43.2 Å². The first kappa shape index (κ1) is 19.2. The van der Waals surface area contributed by atoms with Crippen molar-refractivity contribution in [1.29, 1.82) is 0 Å². The van der Waals surface area contributed by atoms with Crippen molar-refractivity contribution >= 4 is 11.8 Å². The van der Waals surface area contributed by atoms with E-state index in [1.165, 1.54) is 5.56 Å². The quantitative estimate of drug-likeness (QED) is 0.301. The highest BCUT2D eigenvalue weighted by atomic mass is 16.7. The first-order valence-corrected chi connectivity index (χ1v) is 8.92. The molecule has 0 unspecified atom stereocenters. The molecule has 3 aromatic rings. The summed E-state index contributed by atoms with van der Waals surface area (Å²) in [7, 11) is 0. The highest BCUT2D eigenvalue weighted by Crippen LogP contribution is 2.20. The van der Waals surface area contributed by atoms with Crippen LogP contribution in [0.15, 0.2) is 78.0 Å². The highest BCUT2D eigenvalue weighted by Gasteiger charge is 2.10. The number of ether oxygens (including phenoxy) is 1. The summed E-state index contributed by atoms with van der Waals surface area (Å²) in [5.74, 6) is 0.384. The van der Waals surface area contributed by atoms with E-state index >= 15 is 0 Å². The van der Waals surface area contributed by atoms with E-state index in [9.17, 15) is 4.79 Å². The average Bonchev–Trinajstić information content (AvgIpc) is 2.72. The molecule has 142 valence electrons. The summed E-state index contributed by atoms with van der Waals surface area (Å²) in [5, 5.41) is 3.73. The summed E-state index contributed by atoms with van der Waals surface area (Å²) in [4.78, 5) is 17.3. The molecule has 0 spiro atoms. The van der Waals surface area contributed by atoms with Crippen LogP contribution in [0, 0.1) is 13.8 Å². The fraction of sp³-hybridized carbons (Fsp3) is 0.130. The van der Waals surface area contributed by atoms with Gasteiger partial charge in [0, 0.05) is 5.56 Å². The monoisotopic (exact) mass is 374 g/mol. The molecule has 5 heteroatoms. The molecule has 2 N–H and O–H groups in total. The number of rotatable bonds is 6. The summed E-state index contributed by atoms with van der Waals surface area (Å²) < 4.78 is 5.87. The number of benzene rings is 3. The van der Waals surface area contributed by atoms with Gasteiger partial charge in [0.05, 0.1) is 5.56 Å². The van der Waals surface area contributed by atoms with Crippen LogP contribution < -0.4 is 10.5 Å². The van der Waals surface area contributed by atoms with Crippen LogP contribution in [0.3, 0.4) is 0 Å². The van der Waals surface area contributed by atoms with Crippen LogP contribution in [-0.2, 0) is 11.4 Å². The second-order valence-electron chi connectivity index (χ2n) is 6.48. The summed E-state index contributed by atoms with van der Waals surface area (Å²) in [6, 6.07) is 22.2. The van der Waals surface area contributed by atoms with E-state index in [0.29, 0.717) is 17.7 Å². The largest absolute Gasteiger partial charge is 0.489 e. The molecule has 0 radical (unpaired) electrons. The number of carbonyl (C=O) groups excluding carboxylic acids is 1. The third-order valence-electron chi connectivity index (χ3n) is 4.18. The lowest BCUT2D eigenvalue weighted by Gasteiger charge is -2.10. The predicted octanol–water partition coefficient (Wildman–Crippen LogP) is 4.36. The molecule has 0 atom stereocenters. The number of nitrogens with zero attached hydrogens (tertiary/aromatic N) is 1. The number of oxime groups is 1. The number of amidine groups is 1. The molecule has 0 aliphatic heterocycles. The lowest BCUT2D eigenvalue weighted by Crippen LogP contribution is -2.15. The molecule has 0 bridgehead atoms. The third-order valence-corrected chi connectivity index (χ3v) is 4.18. The first-order chi connectivity index (χ1) is 13.5. The van der Waals surface area contributed by atoms with Crippen LogP contribution in [0.2, 0.25) is 0 Å². The van der Waals surface area contributed by atoms with E-state index < -0.39 is 5.97 Å². The van der Waals surface area contributed by atoms with Gasteiger partial charge in [-0.2, -0.15) is 0 Å². The Labute approximate surface area is 164 Å². The molecule has 3 rings (SSSR count). The van der Waals surface area contributed by atoms with Crippen molar-refractivity contribution in [3.05, 3.63) is 101 Å². The molecule has 28 heavy (non-hydrogen) atoms. The van der Waals surface area contributed by atoms with Crippen molar-refractivity contribution in [2.24, 2.45) is 10.9 Å². The van der Waals surface area contributed by atoms with Gasteiger partial charge in [-0.3, -0.25) is 0 Å². The van der Waals surface area contributed by atoms with Crippen LogP contribution in [0.25, 0.3) is 0 Å². The minimum absolute atomic E-state index is 0.142. The Balaban J connectivity index is 1.64. The fourth-order valence-corrected chi connectivity index (χ4v) is 2.72. The maximum atomic E-state index is 12.3.